The number of hydrogen-bond acceptors (Lipinski definition) is 4. The molecule has 0 aromatic carbocycles. The summed E-state index contributed by atoms with van der Waals surface area (Å²) in [6.07, 6.45) is 3.55. The molecule has 0 N–H and O–H groups in total. The molecular weight excluding hydrogens is 208 g/mol. The van der Waals surface area contributed by atoms with Crippen molar-refractivity contribution < 1.29 is 4.79 Å². The molecule has 1 saturated carbocycles. The maximum absolute atomic E-state index is 10.6. The van der Waals surface area contributed by atoms with E-state index < -0.39 is 0 Å². The predicted molar refractivity (Wildman–Crippen MR) is 56.5 cm³/mol. The Hall–Kier alpha value is -1.26. The lowest BCUT2D eigenvalue weighted by atomic mass is 9.89. The van der Waals surface area contributed by atoms with Crippen molar-refractivity contribution in [1.29, 1.82) is 10.5 Å². The lowest BCUT2D eigenvalue weighted by molar-refractivity contribution is -0.109. The van der Waals surface area contributed by atoms with Gasteiger partial charge < -0.3 is 4.79 Å². The topological polar surface area (TPSA) is 64.7 Å². The second kappa shape index (κ2) is 3.40. The minimum absolute atomic E-state index is 0.0878. The van der Waals surface area contributed by atoms with Crippen molar-refractivity contribution in [2.45, 2.75) is 18.1 Å². The number of carbonyl (C=O) groups excluding carboxylic acids is 1. The van der Waals surface area contributed by atoms with Crippen LogP contribution < -0.4 is 0 Å². The van der Waals surface area contributed by atoms with Crippen molar-refractivity contribution in [3.63, 3.8) is 0 Å². The summed E-state index contributed by atoms with van der Waals surface area (Å²) >= 11 is 1.45. The van der Waals surface area contributed by atoms with Crippen LogP contribution in [0.25, 0.3) is 0 Å². The van der Waals surface area contributed by atoms with E-state index in [4.69, 9.17) is 10.5 Å². The molecule has 0 spiro atoms. The fourth-order valence-electron chi connectivity index (χ4n) is 2.21. The van der Waals surface area contributed by atoms with Gasteiger partial charge in [-0.25, -0.2) is 0 Å². The van der Waals surface area contributed by atoms with Crippen LogP contribution in [0, 0.1) is 40.4 Å². The third-order valence-corrected chi connectivity index (χ3v) is 4.71. The highest BCUT2D eigenvalue weighted by molar-refractivity contribution is 8.05. The maximum Gasteiger partial charge on any atom is 0.123 e. The SMILES string of the molecule is CC1([C@@H]2CC2C=O)SC(C#N)=CC1C#N. The summed E-state index contributed by atoms with van der Waals surface area (Å²) < 4.78 is -0.272. The van der Waals surface area contributed by atoms with Crippen LogP contribution in [0.4, 0.5) is 0 Å². The van der Waals surface area contributed by atoms with Crippen LogP contribution in [0.2, 0.25) is 0 Å². The van der Waals surface area contributed by atoms with Crippen LogP contribution in [-0.4, -0.2) is 11.0 Å². The van der Waals surface area contributed by atoms with Gasteiger partial charge in [-0.15, -0.1) is 11.8 Å². The van der Waals surface area contributed by atoms with Gasteiger partial charge in [-0.05, 0) is 25.3 Å². The molecule has 0 amide bonds. The van der Waals surface area contributed by atoms with Crippen molar-refractivity contribution in [3.8, 4) is 12.1 Å². The van der Waals surface area contributed by atoms with Gasteiger partial charge in [0.05, 0.1) is 16.9 Å². The molecule has 4 atom stereocenters. The van der Waals surface area contributed by atoms with E-state index in [1.165, 1.54) is 11.8 Å². The molecule has 0 aromatic heterocycles. The van der Waals surface area contributed by atoms with Crippen molar-refractivity contribution in [1.82, 2.24) is 0 Å². The maximum atomic E-state index is 10.6. The van der Waals surface area contributed by atoms with Crippen molar-refractivity contribution in [3.05, 3.63) is 11.0 Å². The summed E-state index contributed by atoms with van der Waals surface area (Å²) in [5.74, 6) is 0.101. The summed E-state index contributed by atoms with van der Waals surface area (Å²) in [6.45, 7) is 1.99. The zero-order valence-corrected chi connectivity index (χ0v) is 9.12. The Labute approximate surface area is 92.8 Å². The number of aldehydes is 1. The van der Waals surface area contributed by atoms with Gasteiger partial charge >= 0.3 is 0 Å². The van der Waals surface area contributed by atoms with Gasteiger partial charge in [-0.2, -0.15) is 10.5 Å². The Morgan fingerprint density at radius 1 is 1.67 bits per heavy atom. The van der Waals surface area contributed by atoms with Gasteiger partial charge in [0, 0.05) is 10.7 Å². The zero-order chi connectivity index (χ0) is 11.1. The quantitative estimate of drug-likeness (QED) is 0.664. The Morgan fingerprint density at radius 3 is 2.87 bits per heavy atom. The standard InChI is InChI=1S/C11H10N2OS/c1-11(10-2-7(10)6-14)8(4-12)3-9(5-13)15-11/h3,6-8,10H,2H2,1H3/t7?,8?,10-,11?/m1/s1. The average molecular weight is 218 g/mol. The number of allylic oxidation sites excluding steroid dienone is 2. The van der Waals surface area contributed by atoms with Gasteiger partial charge in [-0.1, -0.05) is 0 Å². The Kier molecular flexibility index (Phi) is 2.32. The molecule has 2 aliphatic rings. The average Bonchev–Trinajstić information content (AvgIpc) is 2.97. The van der Waals surface area contributed by atoms with E-state index in [1.54, 1.807) is 6.08 Å². The fraction of sp³-hybridized carbons (Fsp3) is 0.545. The van der Waals surface area contributed by atoms with Gasteiger partial charge in [0.2, 0.25) is 0 Å². The molecule has 3 nitrogen and oxygen atoms in total. The van der Waals surface area contributed by atoms with Crippen LogP contribution in [0.1, 0.15) is 13.3 Å². The number of nitriles is 2. The van der Waals surface area contributed by atoms with Crippen LogP contribution >= 0.6 is 11.8 Å². The molecule has 1 aliphatic heterocycles. The summed E-state index contributed by atoms with van der Waals surface area (Å²) in [5, 5.41) is 17.9. The van der Waals surface area contributed by atoms with E-state index in [-0.39, 0.29) is 22.5 Å². The number of carbonyl (C=O) groups is 1. The zero-order valence-electron chi connectivity index (χ0n) is 8.30. The Bertz CT molecular complexity index is 417. The van der Waals surface area contributed by atoms with Crippen LogP contribution in [0.3, 0.4) is 0 Å². The first kappa shape index (κ1) is 10.3. The molecule has 15 heavy (non-hydrogen) atoms. The molecule has 1 fully saturated rings. The second-order valence-electron chi connectivity index (χ2n) is 4.18. The van der Waals surface area contributed by atoms with E-state index in [9.17, 15) is 4.79 Å². The van der Waals surface area contributed by atoms with Gasteiger partial charge in [0.25, 0.3) is 0 Å². The van der Waals surface area contributed by atoms with E-state index in [0.29, 0.717) is 4.91 Å². The predicted octanol–water partition coefficient (Wildman–Crippen LogP) is 1.87. The largest absolute Gasteiger partial charge is 0.303 e. The van der Waals surface area contributed by atoms with Crippen LogP contribution in [0.15, 0.2) is 11.0 Å². The first-order chi connectivity index (χ1) is 7.15. The molecule has 0 bridgehead atoms. The lowest BCUT2D eigenvalue weighted by Gasteiger charge is -2.26. The summed E-state index contributed by atoms with van der Waals surface area (Å²) in [7, 11) is 0. The molecule has 1 heterocycles. The minimum atomic E-state index is -0.272. The molecule has 4 heteroatoms. The monoisotopic (exact) mass is 218 g/mol. The highest BCUT2D eigenvalue weighted by Gasteiger charge is 2.56. The first-order valence-corrected chi connectivity index (χ1v) is 5.63. The number of rotatable bonds is 2. The molecule has 3 unspecified atom stereocenters. The number of nitrogens with zero attached hydrogens (tertiary/aromatic N) is 2. The summed E-state index contributed by atoms with van der Waals surface area (Å²) in [4.78, 5) is 11.3. The summed E-state index contributed by atoms with van der Waals surface area (Å²) in [5.41, 5.74) is 0. The van der Waals surface area contributed by atoms with E-state index in [1.807, 2.05) is 6.92 Å². The third-order valence-electron chi connectivity index (χ3n) is 3.27. The Morgan fingerprint density at radius 2 is 2.40 bits per heavy atom. The van der Waals surface area contributed by atoms with Gasteiger partial charge in [-0.3, -0.25) is 0 Å². The van der Waals surface area contributed by atoms with Gasteiger partial charge in [0.15, 0.2) is 0 Å². The van der Waals surface area contributed by atoms with Gasteiger partial charge in [0.1, 0.15) is 12.4 Å². The smallest absolute Gasteiger partial charge is 0.123 e. The first-order valence-electron chi connectivity index (χ1n) is 4.81. The molecular formula is C11H10N2OS. The third kappa shape index (κ3) is 1.46. The molecule has 76 valence electrons. The van der Waals surface area contributed by atoms with E-state index >= 15 is 0 Å². The van der Waals surface area contributed by atoms with E-state index in [0.717, 1.165) is 12.7 Å². The molecule has 0 aromatic rings. The Balaban J connectivity index is 2.22. The van der Waals surface area contributed by atoms with E-state index in [2.05, 4.69) is 12.1 Å². The summed E-state index contributed by atoms with van der Waals surface area (Å²) in [6, 6.07) is 4.30. The highest BCUT2D eigenvalue weighted by Crippen LogP contribution is 2.59. The fourth-order valence-corrected chi connectivity index (χ4v) is 3.60. The lowest BCUT2D eigenvalue weighted by Crippen LogP contribution is -2.29. The minimum Gasteiger partial charge on any atom is -0.303 e. The molecule has 0 radical (unpaired) electrons. The number of hydrogen-bond donors (Lipinski definition) is 0. The second-order valence-corrected chi connectivity index (χ2v) is 5.70. The highest BCUT2D eigenvalue weighted by atomic mass is 32.2. The van der Waals surface area contributed by atoms with Crippen molar-refractivity contribution >= 4 is 18.0 Å². The molecule has 2 rings (SSSR count). The molecule has 0 saturated heterocycles. The molecule has 1 aliphatic carbocycles. The van der Waals surface area contributed by atoms with Crippen molar-refractivity contribution in [2.24, 2.45) is 17.8 Å². The van der Waals surface area contributed by atoms with Crippen molar-refractivity contribution in [2.75, 3.05) is 0 Å². The number of thioether (sulfide) groups is 1. The van der Waals surface area contributed by atoms with Crippen LogP contribution in [-0.2, 0) is 4.79 Å². The normalized spacial score (nSPS) is 42.6. The van der Waals surface area contributed by atoms with Crippen LogP contribution in [0.5, 0.6) is 0 Å².